The van der Waals surface area contributed by atoms with E-state index in [-0.39, 0.29) is 6.04 Å². The molecule has 2 N–H and O–H groups in total. The third kappa shape index (κ3) is 4.01. The van der Waals surface area contributed by atoms with Crippen molar-refractivity contribution in [1.29, 1.82) is 0 Å². The third-order valence-electron chi connectivity index (χ3n) is 2.58. The Labute approximate surface area is 121 Å². The summed E-state index contributed by atoms with van der Waals surface area (Å²) in [6.45, 7) is 3.93. The number of benzene rings is 1. The average molecular weight is 322 g/mol. The van der Waals surface area contributed by atoms with Gasteiger partial charge in [0.15, 0.2) is 0 Å². The van der Waals surface area contributed by atoms with Gasteiger partial charge in [-0.15, -0.1) is 0 Å². The van der Waals surface area contributed by atoms with E-state index < -0.39 is 0 Å². The van der Waals surface area contributed by atoms with Gasteiger partial charge in [0.25, 0.3) is 0 Å². The largest absolute Gasteiger partial charge is 0.424 e. The van der Waals surface area contributed by atoms with E-state index in [4.69, 9.17) is 10.5 Å². The summed E-state index contributed by atoms with van der Waals surface area (Å²) >= 11 is 3.42. The second-order valence-electron chi connectivity index (χ2n) is 4.57. The highest BCUT2D eigenvalue weighted by atomic mass is 79.9. The van der Waals surface area contributed by atoms with Crippen LogP contribution in [0.3, 0.4) is 0 Å². The number of ether oxygens (including phenoxy) is 1. The molecule has 0 radical (unpaired) electrons. The van der Waals surface area contributed by atoms with E-state index in [2.05, 4.69) is 25.9 Å². The molecule has 5 heteroatoms. The van der Waals surface area contributed by atoms with Crippen molar-refractivity contribution in [1.82, 2.24) is 9.97 Å². The Morgan fingerprint density at radius 3 is 2.58 bits per heavy atom. The standard InChI is InChI=1S/C14H16BrN3O/c1-9-5-12(15)3-4-13(9)19-14-17-7-11(8-18-14)6-10(2)16/h3-5,7-8,10H,6,16H2,1-2H3. The quantitative estimate of drug-likeness (QED) is 0.939. The first-order chi connectivity index (χ1) is 9.04. The lowest BCUT2D eigenvalue weighted by Gasteiger charge is -2.08. The van der Waals surface area contributed by atoms with Crippen LogP contribution in [0.5, 0.6) is 11.8 Å². The molecule has 19 heavy (non-hydrogen) atoms. The Morgan fingerprint density at radius 2 is 2.00 bits per heavy atom. The lowest BCUT2D eigenvalue weighted by Crippen LogP contribution is -2.17. The molecular formula is C14H16BrN3O. The number of aryl methyl sites for hydroxylation is 1. The fraction of sp³-hybridized carbons (Fsp3) is 0.286. The first kappa shape index (κ1) is 14.0. The minimum Gasteiger partial charge on any atom is -0.424 e. The minimum absolute atomic E-state index is 0.101. The average Bonchev–Trinajstić information content (AvgIpc) is 2.34. The Morgan fingerprint density at radius 1 is 1.32 bits per heavy atom. The zero-order valence-corrected chi connectivity index (χ0v) is 12.5. The van der Waals surface area contributed by atoms with Crippen molar-refractivity contribution in [3.05, 3.63) is 46.2 Å². The van der Waals surface area contributed by atoms with Crippen LogP contribution < -0.4 is 10.5 Å². The van der Waals surface area contributed by atoms with Crippen LogP contribution in [0.15, 0.2) is 35.1 Å². The Balaban J connectivity index is 2.10. The van der Waals surface area contributed by atoms with E-state index in [0.29, 0.717) is 6.01 Å². The summed E-state index contributed by atoms with van der Waals surface area (Å²) in [7, 11) is 0. The van der Waals surface area contributed by atoms with Gasteiger partial charge in [-0.05, 0) is 49.6 Å². The number of halogens is 1. The van der Waals surface area contributed by atoms with Crippen molar-refractivity contribution in [2.24, 2.45) is 5.73 Å². The summed E-state index contributed by atoms with van der Waals surface area (Å²) in [6.07, 6.45) is 4.26. The van der Waals surface area contributed by atoms with Crippen molar-refractivity contribution in [2.75, 3.05) is 0 Å². The molecule has 4 nitrogen and oxygen atoms in total. The highest BCUT2D eigenvalue weighted by Crippen LogP contribution is 2.25. The van der Waals surface area contributed by atoms with Gasteiger partial charge in [-0.3, -0.25) is 0 Å². The van der Waals surface area contributed by atoms with Gasteiger partial charge in [-0.2, -0.15) is 0 Å². The molecule has 0 bridgehead atoms. The predicted octanol–water partition coefficient (Wildman–Crippen LogP) is 3.23. The van der Waals surface area contributed by atoms with E-state index >= 15 is 0 Å². The van der Waals surface area contributed by atoms with Crippen LogP contribution in [-0.4, -0.2) is 16.0 Å². The van der Waals surface area contributed by atoms with Gasteiger partial charge < -0.3 is 10.5 Å². The van der Waals surface area contributed by atoms with Gasteiger partial charge in [-0.25, -0.2) is 9.97 Å². The highest BCUT2D eigenvalue weighted by molar-refractivity contribution is 9.10. The Hall–Kier alpha value is -1.46. The van der Waals surface area contributed by atoms with E-state index in [9.17, 15) is 0 Å². The highest BCUT2D eigenvalue weighted by Gasteiger charge is 2.05. The van der Waals surface area contributed by atoms with Crippen LogP contribution in [0, 0.1) is 6.92 Å². The second kappa shape index (κ2) is 6.12. The molecule has 0 saturated heterocycles. The molecule has 0 aliphatic carbocycles. The van der Waals surface area contributed by atoms with Crippen LogP contribution in [0.1, 0.15) is 18.1 Å². The fourth-order valence-electron chi connectivity index (χ4n) is 1.70. The molecule has 0 aliphatic rings. The van der Waals surface area contributed by atoms with Crippen LogP contribution in [0.2, 0.25) is 0 Å². The number of hydrogen-bond donors (Lipinski definition) is 1. The minimum atomic E-state index is 0.101. The number of nitrogens with two attached hydrogens (primary N) is 1. The third-order valence-corrected chi connectivity index (χ3v) is 3.07. The molecule has 1 aromatic carbocycles. The summed E-state index contributed by atoms with van der Waals surface area (Å²) in [4.78, 5) is 8.38. The summed E-state index contributed by atoms with van der Waals surface area (Å²) < 4.78 is 6.67. The van der Waals surface area contributed by atoms with Gasteiger partial charge in [0.05, 0.1) is 0 Å². The SMILES string of the molecule is Cc1cc(Br)ccc1Oc1ncc(CC(C)N)cn1. The molecule has 1 heterocycles. The molecule has 1 unspecified atom stereocenters. The van der Waals surface area contributed by atoms with Crippen LogP contribution in [-0.2, 0) is 6.42 Å². The van der Waals surface area contributed by atoms with Gasteiger partial charge in [0.1, 0.15) is 5.75 Å². The molecular weight excluding hydrogens is 306 g/mol. The number of rotatable bonds is 4. The van der Waals surface area contributed by atoms with E-state index in [0.717, 1.165) is 27.8 Å². The first-order valence-electron chi connectivity index (χ1n) is 6.05. The lowest BCUT2D eigenvalue weighted by molar-refractivity contribution is 0.437. The predicted molar refractivity (Wildman–Crippen MR) is 78.3 cm³/mol. The molecule has 0 fully saturated rings. The Kier molecular flexibility index (Phi) is 4.50. The van der Waals surface area contributed by atoms with Crippen LogP contribution in [0.25, 0.3) is 0 Å². The molecule has 2 aromatic rings. The second-order valence-corrected chi connectivity index (χ2v) is 5.48. The summed E-state index contributed by atoms with van der Waals surface area (Å²) in [6, 6.07) is 6.24. The molecule has 0 aliphatic heterocycles. The van der Waals surface area contributed by atoms with Crippen molar-refractivity contribution in [3.63, 3.8) is 0 Å². The molecule has 1 atom stereocenters. The summed E-state index contributed by atoms with van der Waals surface area (Å²) in [5.41, 5.74) is 7.76. The topological polar surface area (TPSA) is 61.0 Å². The van der Waals surface area contributed by atoms with Crippen molar-refractivity contribution in [2.45, 2.75) is 26.3 Å². The van der Waals surface area contributed by atoms with Crippen molar-refractivity contribution in [3.8, 4) is 11.8 Å². The maximum absolute atomic E-state index is 5.73. The number of aromatic nitrogens is 2. The smallest absolute Gasteiger partial charge is 0.321 e. The number of hydrogen-bond acceptors (Lipinski definition) is 4. The number of nitrogens with zero attached hydrogens (tertiary/aromatic N) is 2. The van der Waals surface area contributed by atoms with Crippen LogP contribution in [0.4, 0.5) is 0 Å². The maximum atomic E-state index is 5.73. The lowest BCUT2D eigenvalue weighted by atomic mass is 10.1. The van der Waals surface area contributed by atoms with Gasteiger partial charge >= 0.3 is 6.01 Å². The summed E-state index contributed by atoms with van der Waals surface area (Å²) in [5, 5.41) is 0. The maximum Gasteiger partial charge on any atom is 0.321 e. The van der Waals surface area contributed by atoms with E-state index in [1.165, 1.54) is 0 Å². The monoisotopic (exact) mass is 321 g/mol. The molecule has 100 valence electrons. The normalized spacial score (nSPS) is 12.2. The zero-order chi connectivity index (χ0) is 13.8. The van der Waals surface area contributed by atoms with Crippen molar-refractivity contribution < 1.29 is 4.74 Å². The van der Waals surface area contributed by atoms with E-state index in [1.807, 2.05) is 32.0 Å². The Bertz CT molecular complexity index is 555. The van der Waals surface area contributed by atoms with Crippen molar-refractivity contribution >= 4 is 15.9 Å². The van der Waals surface area contributed by atoms with Gasteiger partial charge in [0.2, 0.25) is 0 Å². The molecule has 2 rings (SSSR count). The molecule has 1 aromatic heterocycles. The first-order valence-corrected chi connectivity index (χ1v) is 6.84. The van der Waals surface area contributed by atoms with Gasteiger partial charge in [-0.1, -0.05) is 15.9 Å². The van der Waals surface area contributed by atoms with E-state index in [1.54, 1.807) is 12.4 Å². The zero-order valence-electron chi connectivity index (χ0n) is 10.9. The fourth-order valence-corrected chi connectivity index (χ4v) is 2.17. The van der Waals surface area contributed by atoms with Crippen LogP contribution >= 0.6 is 15.9 Å². The summed E-state index contributed by atoms with van der Waals surface area (Å²) in [5.74, 6) is 0.753. The molecule has 0 saturated carbocycles. The molecule has 0 spiro atoms. The molecule has 0 amide bonds. The van der Waals surface area contributed by atoms with Gasteiger partial charge in [0, 0.05) is 22.9 Å².